The smallest absolute Gasteiger partial charge is 0.290 e. The number of hydrogen-bond acceptors (Lipinski definition) is 6. The number of amides is 1. The van der Waals surface area contributed by atoms with E-state index in [2.05, 4.69) is 10.1 Å². The van der Waals surface area contributed by atoms with Crippen molar-refractivity contribution in [2.45, 2.75) is 0 Å². The van der Waals surface area contributed by atoms with E-state index >= 15 is 0 Å². The maximum atomic E-state index is 12.8. The molecule has 0 bridgehead atoms. The Kier molecular flexibility index (Phi) is 3.94. The van der Waals surface area contributed by atoms with Crippen LogP contribution in [0.15, 0.2) is 69.7 Å². The standard InChI is InChI=1S/C17H11N3O2S2/c21-16(15-8-4-10-23-15)20(18-11-12-5-3-9-22-12)17-19-13-6-1-2-7-14(13)24-17/h1-11H/b18-11+. The summed E-state index contributed by atoms with van der Waals surface area (Å²) in [6.45, 7) is 0. The van der Waals surface area contributed by atoms with Gasteiger partial charge in [0.15, 0.2) is 0 Å². The zero-order valence-electron chi connectivity index (χ0n) is 12.3. The molecule has 0 saturated carbocycles. The van der Waals surface area contributed by atoms with Gasteiger partial charge in [-0.15, -0.1) is 11.3 Å². The Bertz CT molecular complexity index is 955. The second-order valence-corrected chi connectivity index (χ2v) is 6.78. The number of benzene rings is 1. The third-order valence-corrected chi connectivity index (χ3v) is 5.10. The summed E-state index contributed by atoms with van der Waals surface area (Å²) in [5.74, 6) is 0.354. The highest BCUT2D eigenvalue weighted by atomic mass is 32.1. The summed E-state index contributed by atoms with van der Waals surface area (Å²) in [5, 5.41) is 8.01. The summed E-state index contributed by atoms with van der Waals surface area (Å²) >= 11 is 2.79. The van der Waals surface area contributed by atoms with E-state index in [4.69, 9.17) is 4.42 Å². The lowest BCUT2D eigenvalue weighted by atomic mass is 10.3. The fourth-order valence-corrected chi connectivity index (χ4v) is 3.69. The van der Waals surface area contributed by atoms with E-state index in [0.717, 1.165) is 10.2 Å². The van der Waals surface area contributed by atoms with Crippen LogP contribution < -0.4 is 5.01 Å². The van der Waals surface area contributed by atoms with E-state index in [1.54, 1.807) is 24.5 Å². The Morgan fingerprint density at radius 2 is 2.08 bits per heavy atom. The molecule has 118 valence electrons. The summed E-state index contributed by atoms with van der Waals surface area (Å²) < 4.78 is 6.25. The molecule has 0 spiro atoms. The van der Waals surface area contributed by atoms with Gasteiger partial charge in [-0.25, -0.2) is 4.98 Å². The van der Waals surface area contributed by atoms with Crippen molar-refractivity contribution in [2.24, 2.45) is 5.10 Å². The van der Waals surface area contributed by atoms with Crippen LogP contribution in [0.25, 0.3) is 10.2 Å². The van der Waals surface area contributed by atoms with Gasteiger partial charge >= 0.3 is 0 Å². The monoisotopic (exact) mass is 353 g/mol. The predicted molar refractivity (Wildman–Crippen MR) is 97.1 cm³/mol. The molecule has 4 aromatic rings. The van der Waals surface area contributed by atoms with Crippen molar-refractivity contribution in [1.82, 2.24) is 4.98 Å². The highest BCUT2D eigenvalue weighted by molar-refractivity contribution is 7.22. The van der Waals surface area contributed by atoms with Crippen molar-refractivity contribution in [3.8, 4) is 0 Å². The Hall–Kier alpha value is -2.77. The van der Waals surface area contributed by atoms with Gasteiger partial charge in [0.2, 0.25) is 5.13 Å². The van der Waals surface area contributed by atoms with E-state index in [1.165, 1.54) is 33.9 Å². The van der Waals surface area contributed by atoms with Crippen molar-refractivity contribution in [3.63, 3.8) is 0 Å². The second-order valence-electron chi connectivity index (χ2n) is 4.82. The quantitative estimate of drug-likeness (QED) is 0.397. The van der Waals surface area contributed by atoms with E-state index in [0.29, 0.717) is 15.8 Å². The molecule has 4 rings (SSSR count). The fraction of sp³-hybridized carbons (Fsp3) is 0. The summed E-state index contributed by atoms with van der Waals surface area (Å²) in [7, 11) is 0. The summed E-state index contributed by atoms with van der Waals surface area (Å²) in [6, 6.07) is 14.9. The van der Waals surface area contributed by atoms with Crippen molar-refractivity contribution < 1.29 is 9.21 Å². The van der Waals surface area contributed by atoms with Crippen LogP contribution >= 0.6 is 22.7 Å². The summed E-state index contributed by atoms with van der Waals surface area (Å²) in [6.07, 6.45) is 3.07. The number of carbonyl (C=O) groups is 1. The van der Waals surface area contributed by atoms with Crippen LogP contribution in [0.5, 0.6) is 0 Å². The first-order valence-corrected chi connectivity index (χ1v) is 8.82. The number of fused-ring (bicyclic) bond motifs is 1. The van der Waals surface area contributed by atoms with Gasteiger partial charge in [-0.2, -0.15) is 10.1 Å². The first kappa shape index (κ1) is 14.8. The molecule has 5 nitrogen and oxygen atoms in total. The zero-order valence-corrected chi connectivity index (χ0v) is 14.0. The molecular formula is C17H11N3O2S2. The fourth-order valence-electron chi connectivity index (χ4n) is 2.12. The summed E-state index contributed by atoms with van der Waals surface area (Å²) in [4.78, 5) is 17.9. The minimum absolute atomic E-state index is 0.216. The molecule has 0 saturated heterocycles. The Morgan fingerprint density at radius 1 is 1.17 bits per heavy atom. The first-order chi connectivity index (χ1) is 11.8. The van der Waals surface area contributed by atoms with Crippen LogP contribution in [0, 0.1) is 0 Å². The molecule has 0 aliphatic heterocycles. The van der Waals surface area contributed by atoms with Gasteiger partial charge < -0.3 is 4.42 Å². The predicted octanol–water partition coefficient (Wildman–Crippen LogP) is 4.63. The molecular weight excluding hydrogens is 342 g/mol. The minimum Gasteiger partial charge on any atom is -0.463 e. The number of hydrogen-bond donors (Lipinski definition) is 0. The van der Waals surface area contributed by atoms with Crippen LogP contribution in [0.3, 0.4) is 0 Å². The molecule has 1 amide bonds. The molecule has 0 atom stereocenters. The highest BCUT2D eigenvalue weighted by Gasteiger charge is 2.21. The number of thiazole rings is 1. The Labute approximate surface area is 145 Å². The molecule has 1 aromatic carbocycles. The minimum atomic E-state index is -0.216. The first-order valence-electron chi connectivity index (χ1n) is 7.12. The molecule has 0 N–H and O–H groups in total. The van der Waals surface area contributed by atoms with Crippen LogP contribution in [0.4, 0.5) is 5.13 Å². The lowest BCUT2D eigenvalue weighted by molar-refractivity contribution is 0.0991. The maximum Gasteiger partial charge on any atom is 0.290 e. The van der Waals surface area contributed by atoms with Gasteiger partial charge in [0.25, 0.3) is 5.91 Å². The Balaban J connectivity index is 1.75. The topological polar surface area (TPSA) is 58.7 Å². The van der Waals surface area contributed by atoms with E-state index in [1.807, 2.05) is 35.7 Å². The van der Waals surface area contributed by atoms with Gasteiger partial charge in [0.1, 0.15) is 5.76 Å². The van der Waals surface area contributed by atoms with E-state index in [-0.39, 0.29) is 5.91 Å². The van der Waals surface area contributed by atoms with E-state index < -0.39 is 0 Å². The lowest BCUT2D eigenvalue weighted by Gasteiger charge is -2.12. The molecule has 0 radical (unpaired) electrons. The van der Waals surface area contributed by atoms with Gasteiger partial charge in [-0.05, 0) is 35.7 Å². The van der Waals surface area contributed by atoms with Gasteiger partial charge in [0.05, 0.1) is 27.6 Å². The van der Waals surface area contributed by atoms with Crippen molar-refractivity contribution >= 4 is 50.1 Å². The van der Waals surface area contributed by atoms with Gasteiger partial charge in [-0.1, -0.05) is 29.5 Å². The summed E-state index contributed by atoms with van der Waals surface area (Å²) in [5.41, 5.74) is 0.842. The molecule has 3 aromatic heterocycles. The van der Waals surface area contributed by atoms with Crippen LogP contribution in [0.1, 0.15) is 15.4 Å². The number of aromatic nitrogens is 1. The van der Waals surface area contributed by atoms with E-state index in [9.17, 15) is 4.79 Å². The van der Waals surface area contributed by atoms with Crippen LogP contribution in [-0.4, -0.2) is 17.1 Å². The van der Waals surface area contributed by atoms with Gasteiger partial charge in [-0.3, -0.25) is 4.79 Å². The number of furan rings is 1. The third-order valence-electron chi connectivity index (χ3n) is 3.23. The average Bonchev–Trinajstić information content (AvgIpc) is 3.35. The molecule has 3 heterocycles. The van der Waals surface area contributed by atoms with Crippen molar-refractivity contribution in [3.05, 3.63) is 70.8 Å². The molecule has 0 aliphatic carbocycles. The van der Waals surface area contributed by atoms with Crippen LogP contribution in [-0.2, 0) is 0 Å². The van der Waals surface area contributed by atoms with Gasteiger partial charge in [0, 0.05) is 0 Å². The lowest BCUT2D eigenvalue weighted by Crippen LogP contribution is -2.24. The largest absolute Gasteiger partial charge is 0.463 e. The second kappa shape index (κ2) is 6.38. The Morgan fingerprint density at radius 3 is 2.83 bits per heavy atom. The number of carbonyl (C=O) groups excluding carboxylic acids is 1. The number of thiophene rings is 1. The number of anilines is 1. The van der Waals surface area contributed by atoms with Crippen molar-refractivity contribution in [2.75, 3.05) is 5.01 Å². The SMILES string of the molecule is O=C(c1cccs1)N(/N=C/c1ccco1)c1nc2ccccc2s1. The number of rotatable bonds is 4. The highest BCUT2D eigenvalue weighted by Crippen LogP contribution is 2.30. The molecule has 0 fully saturated rings. The number of para-hydroxylation sites is 1. The number of nitrogens with zero attached hydrogens (tertiary/aromatic N) is 3. The average molecular weight is 353 g/mol. The van der Waals surface area contributed by atoms with Crippen LogP contribution in [0.2, 0.25) is 0 Å². The molecule has 24 heavy (non-hydrogen) atoms. The normalized spacial score (nSPS) is 11.3. The molecule has 0 unspecified atom stereocenters. The number of hydrazone groups is 1. The van der Waals surface area contributed by atoms with Crippen molar-refractivity contribution in [1.29, 1.82) is 0 Å². The zero-order chi connectivity index (χ0) is 16.4. The molecule has 0 aliphatic rings. The maximum absolute atomic E-state index is 12.8. The molecule has 7 heteroatoms. The third kappa shape index (κ3) is 2.86.